The number of hydrogen-bond acceptors (Lipinski definition) is 3. The lowest BCUT2D eigenvalue weighted by Gasteiger charge is -2.07. The molecule has 26 heavy (non-hydrogen) atoms. The third-order valence-electron chi connectivity index (χ3n) is 4.37. The van der Waals surface area contributed by atoms with E-state index in [-0.39, 0.29) is 0 Å². The fourth-order valence-corrected chi connectivity index (χ4v) is 2.79. The highest BCUT2D eigenvalue weighted by Gasteiger charge is 2.33. The Bertz CT molecular complexity index is 891. The number of nitrogens with zero attached hydrogens (tertiary/aromatic N) is 4. The summed E-state index contributed by atoms with van der Waals surface area (Å²) in [6.45, 7) is 5.38. The summed E-state index contributed by atoms with van der Waals surface area (Å²) in [7, 11) is 1.92. The molecule has 0 saturated carbocycles. The van der Waals surface area contributed by atoms with Crippen molar-refractivity contribution in [1.29, 1.82) is 0 Å². The fraction of sp³-hybridized carbons (Fsp3) is 0.333. The van der Waals surface area contributed by atoms with Crippen LogP contribution >= 0.6 is 0 Å². The van der Waals surface area contributed by atoms with Gasteiger partial charge in [-0.05, 0) is 37.6 Å². The van der Waals surface area contributed by atoms with Gasteiger partial charge in [0.15, 0.2) is 5.69 Å². The second-order valence-corrected chi connectivity index (χ2v) is 6.19. The highest BCUT2D eigenvalue weighted by molar-refractivity contribution is 5.34. The summed E-state index contributed by atoms with van der Waals surface area (Å²) in [4.78, 5) is 0. The molecule has 0 aliphatic carbocycles. The number of aromatic nitrogens is 4. The van der Waals surface area contributed by atoms with Gasteiger partial charge in [-0.2, -0.15) is 23.4 Å². The zero-order valence-electron chi connectivity index (χ0n) is 14.8. The van der Waals surface area contributed by atoms with E-state index in [1.54, 1.807) is 12.1 Å². The summed E-state index contributed by atoms with van der Waals surface area (Å²) in [5.41, 5.74) is 4.04. The molecular weight excluding hydrogens is 343 g/mol. The quantitative estimate of drug-likeness (QED) is 0.754. The molecular formula is C18H20F3N5. The van der Waals surface area contributed by atoms with Crippen LogP contribution < -0.4 is 5.32 Å². The molecule has 3 aromatic rings. The first-order valence-corrected chi connectivity index (χ1v) is 8.17. The van der Waals surface area contributed by atoms with Crippen molar-refractivity contribution in [2.45, 2.75) is 33.1 Å². The molecule has 1 aromatic carbocycles. The lowest BCUT2D eigenvalue weighted by Crippen LogP contribution is -2.14. The summed E-state index contributed by atoms with van der Waals surface area (Å²) >= 11 is 0. The number of rotatable bonds is 5. The Hall–Kier alpha value is -2.61. The molecule has 0 amide bonds. The molecule has 1 N–H and O–H groups in total. The Morgan fingerprint density at radius 1 is 1.00 bits per heavy atom. The van der Waals surface area contributed by atoms with Gasteiger partial charge < -0.3 is 5.32 Å². The zero-order valence-corrected chi connectivity index (χ0v) is 14.8. The van der Waals surface area contributed by atoms with Crippen LogP contribution in [0.25, 0.3) is 5.69 Å². The van der Waals surface area contributed by atoms with Gasteiger partial charge in [-0.15, -0.1) is 0 Å². The maximum atomic E-state index is 12.6. The lowest BCUT2D eigenvalue weighted by molar-refractivity contribution is -0.141. The van der Waals surface area contributed by atoms with Crippen LogP contribution in [0.2, 0.25) is 0 Å². The number of aryl methyl sites for hydroxylation is 2. The Labute approximate surface area is 149 Å². The van der Waals surface area contributed by atoms with Crippen LogP contribution in [0.15, 0.2) is 36.5 Å². The van der Waals surface area contributed by atoms with Crippen molar-refractivity contribution >= 4 is 0 Å². The largest absolute Gasteiger partial charge is 0.435 e. The van der Waals surface area contributed by atoms with Gasteiger partial charge in [0.05, 0.1) is 11.4 Å². The average Bonchev–Trinajstić information content (AvgIpc) is 3.16. The van der Waals surface area contributed by atoms with E-state index in [2.05, 4.69) is 15.5 Å². The van der Waals surface area contributed by atoms with Crippen LogP contribution in [-0.2, 0) is 26.3 Å². The van der Waals surface area contributed by atoms with Crippen molar-refractivity contribution in [2.24, 2.45) is 7.05 Å². The molecule has 2 heterocycles. The third kappa shape index (κ3) is 3.80. The van der Waals surface area contributed by atoms with Crippen LogP contribution in [0.3, 0.4) is 0 Å². The number of hydrogen-bond donors (Lipinski definition) is 1. The minimum Gasteiger partial charge on any atom is -0.308 e. The number of benzene rings is 1. The van der Waals surface area contributed by atoms with E-state index in [9.17, 15) is 13.2 Å². The summed E-state index contributed by atoms with van der Waals surface area (Å²) < 4.78 is 41.0. The van der Waals surface area contributed by atoms with E-state index >= 15 is 0 Å². The summed E-state index contributed by atoms with van der Waals surface area (Å²) in [6, 6.07) is 8.23. The highest BCUT2D eigenvalue weighted by atomic mass is 19.4. The van der Waals surface area contributed by atoms with E-state index in [0.717, 1.165) is 23.0 Å². The smallest absolute Gasteiger partial charge is 0.308 e. The van der Waals surface area contributed by atoms with Crippen molar-refractivity contribution < 1.29 is 13.2 Å². The molecule has 0 aliphatic rings. The Kier molecular flexibility index (Phi) is 4.86. The van der Waals surface area contributed by atoms with Crippen LogP contribution in [0.5, 0.6) is 0 Å². The molecule has 3 rings (SSSR count). The van der Waals surface area contributed by atoms with Crippen molar-refractivity contribution in [3.8, 4) is 5.69 Å². The minimum atomic E-state index is -4.43. The maximum Gasteiger partial charge on any atom is 0.435 e. The molecule has 8 heteroatoms. The molecule has 0 fully saturated rings. The zero-order chi connectivity index (χ0) is 18.9. The second kappa shape index (κ2) is 6.95. The molecule has 0 spiro atoms. The van der Waals surface area contributed by atoms with E-state index < -0.39 is 11.9 Å². The van der Waals surface area contributed by atoms with Gasteiger partial charge in [0.25, 0.3) is 0 Å². The van der Waals surface area contributed by atoms with Crippen LogP contribution in [0, 0.1) is 13.8 Å². The van der Waals surface area contributed by atoms with Crippen LogP contribution in [-0.4, -0.2) is 19.6 Å². The molecule has 138 valence electrons. The molecule has 0 saturated heterocycles. The van der Waals surface area contributed by atoms with Gasteiger partial charge in [-0.25, -0.2) is 4.68 Å². The van der Waals surface area contributed by atoms with Crippen LogP contribution in [0.4, 0.5) is 13.2 Å². The molecule has 2 aromatic heterocycles. The van der Waals surface area contributed by atoms with E-state index in [0.29, 0.717) is 18.8 Å². The number of alkyl halides is 3. The van der Waals surface area contributed by atoms with Crippen molar-refractivity contribution in [1.82, 2.24) is 24.9 Å². The molecule has 0 bridgehead atoms. The lowest BCUT2D eigenvalue weighted by atomic mass is 10.1. The van der Waals surface area contributed by atoms with Gasteiger partial charge in [0.1, 0.15) is 0 Å². The van der Waals surface area contributed by atoms with E-state index in [1.807, 2.05) is 37.7 Å². The van der Waals surface area contributed by atoms with Crippen molar-refractivity contribution in [2.75, 3.05) is 0 Å². The topological polar surface area (TPSA) is 47.7 Å². The summed E-state index contributed by atoms with van der Waals surface area (Å²) in [5, 5.41) is 11.3. The standard InChI is InChI=1S/C18H20F3N5/c1-12-16(13(2)25(3)23-12)11-22-10-14-4-6-15(7-5-14)26-9-8-17(24-26)18(19,20)21/h4-9,22H,10-11H2,1-3H3. The van der Waals surface area contributed by atoms with Gasteiger partial charge >= 0.3 is 6.18 Å². The number of nitrogens with one attached hydrogen (secondary N) is 1. The van der Waals surface area contributed by atoms with E-state index in [4.69, 9.17) is 0 Å². The highest BCUT2D eigenvalue weighted by Crippen LogP contribution is 2.27. The first kappa shape index (κ1) is 18.2. The van der Waals surface area contributed by atoms with Gasteiger partial charge in [0, 0.05) is 37.6 Å². The van der Waals surface area contributed by atoms with Crippen LogP contribution in [0.1, 0.15) is 28.2 Å². The van der Waals surface area contributed by atoms with Gasteiger partial charge in [-0.1, -0.05) is 12.1 Å². The van der Waals surface area contributed by atoms with Gasteiger partial charge in [0.2, 0.25) is 0 Å². The second-order valence-electron chi connectivity index (χ2n) is 6.19. The number of halogens is 3. The normalized spacial score (nSPS) is 11.9. The predicted octanol–water partition coefficient (Wildman–Crippen LogP) is 3.53. The SMILES string of the molecule is Cc1nn(C)c(C)c1CNCc1ccc(-n2ccc(C(F)(F)F)n2)cc1. The molecule has 0 atom stereocenters. The average molecular weight is 363 g/mol. The third-order valence-corrected chi connectivity index (χ3v) is 4.37. The molecule has 0 radical (unpaired) electrons. The molecule has 0 unspecified atom stereocenters. The molecule has 5 nitrogen and oxygen atoms in total. The Morgan fingerprint density at radius 2 is 1.69 bits per heavy atom. The first-order chi connectivity index (χ1) is 12.3. The maximum absolute atomic E-state index is 12.6. The van der Waals surface area contributed by atoms with Gasteiger partial charge in [-0.3, -0.25) is 4.68 Å². The van der Waals surface area contributed by atoms with Crippen molar-refractivity contribution in [3.63, 3.8) is 0 Å². The monoisotopic (exact) mass is 363 g/mol. The Morgan fingerprint density at radius 3 is 2.23 bits per heavy atom. The molecule has 0 aliphatic heterocycles. The fourth-order valence-electron chi connectivity index (χ4n) is 2.79. The summed E-state index contributed by atoms with van der Waals surface area (Å²) in [6.07, 6.45) is -3.12. The predicted molar refractivity (Wildman–Crippen MR) is 91.8 cm³/mol. The first-order valence-electron chi connectivity index (χ1n) is 8.17. The minimum absolute atomic E-state index is 0.586. The summed E-state index contributed by atoms with van der Waals surface area (Å²) in [5.74, 6) is 0. The van der Waals surface area contributed by atoms with E-state index in [1.165, 1.54) is 16.4 Å². The van der Waals surface area contributed by atoms with Crippen molar-refractivity contribution in [3.05, 3.63) is 64.7 Å². The Balaban J connectivity index is 1.62.